The van der Waals surface area contributed by atoms with E-state index in [9.17, 15) is 0 Å². The van der Waals surface area contributed by atoms with Crippen molar-refractivity contribution in [3.8, 4) is 0 Å². The van der Waals surface area contributed by atoms with E-state index in [2.05, 4.69) is 20.9 Å². The van der Waals surface area contributed by atoms with Crippen LogP contribution in [0.2, 0.25) is 0 Å². The van der Waals surface area contributed by atoms with E-state index in [0.717, 1.165) is 30.4 Å². The molecule has 1 aliphatic heterocycles. The average molecular weight is 229 g/mol. The molecule has 2 fully saturated rings. The standard InChI is InChI=1S/C14H19N3/c1-10-9-14(16-11(2)15-10)17-7-5-13(6-8-17)12-3-4-12/h9H,3-8H2,1-2H3. The number of aryl methyl sites for hydroxylation is 2. The van der Waals surface area contributed by atoms with Crippen LogP contribution in [0.4, 0.5) is 5.82 Å². The largest absolute Gasteiger partial charge is 0.356 e. The maximum Gasteiger partial charge on any atom is 0.132 e. The van der Waals surface area contributed by atoms with Crippen molar-refractivity contribution in [2.24, 2.45) is 0 Å². The van der Waals surface area contributed by atoms with Gasteiger partial charge in [-0.1, -0.05) is 11.1 Å². The van der Waals surface area contributed by atoms with Gasteiger partial charge in [0.05, 0.1) is 0 Å². The Labute approximate surface area is 103 Å². The number of hydrogen-bond acceptors (Lipinski definition) is 3. The molecule has 0 amide bonds. The van der Waals surface area contributed by atoms with Crippen LogP contribution in [0, 0.1) is 13.8 Å². The molecule has 0 bridgehead atoms. The Morgan fingerprint density at radius 1 is 0.941 bits per heavy atom. The molecule has 17 heavy (non-hydrogen) atoms. The van der Waals surface area contributed by atoms with E-state index >= 15 is 0 Å². The molecule has 3 heteroatoms. The number of allylic oxidation sites excluding steroid dienone is 1. The summed E-state index contributed by atoms with van der Waals surface area (Å²) in [4.78, 5) is 11.3. The zero-order chi connectivity index (χ0) is 11.8. The van der Waals surface area contributed by atoms with Crippen molar-refractivity contribution in [1.29, 1.82) is 0 Å². The number of piperidine rings is 1. The molecule has 3 rings (SSSR count). The molecule has 0 radical (unpaired) electrons. The van der Waals surface area contributed by atoms with Crippen LogP contribution in [0.25, 0.3) is 0 Å². The highest BCUT2D eigenvalue weighted by Crippen LogP contribution is 2.36. The van der Waals surface area contributed by atoms with E-state index in [1.165, 1.54) is 25.7 Å². The lowest BCUT2D eigenvalue weighted by atomic mass is 10.0. The molecule has 1 saturated heterocycles. The third-order valence-corrected chi connectivity index (χ3v) is 3.64. The Hall–Kier alpha value is -1.38. The van der Waals surface area contributed by atoms with Crippen molar-refractivity contribution in [2.45, 2.75) is 39.5 Å². The lowest BCUT2D eigenvalue weighted by Gasteiger charge is -2.29. The Bertz CT molecular complexity index is 440. The fourth-order valence-corrected chi connectivity index (χ4v) is 2.63. The van der Waals surface area contributed by atoms with Crippen molar-refractivity contribution in [3.63, 3.8) is 0 Å². The van der Waals surface area contributed by atoms with Gasteiger partial charge in [0.25, 0.3) is 0 Å². The summed E-state index contributed by atoms with van der Waals surface area (Å²) in [6, 6.07) is 2.10. The summed E-state index contributed by atoms with van der Waals surface area (Å²) < 4.78 is 0. The van der Waals surface area contributed by atoms with Crippen molar-refractivity contribution in [3.05, 3.63) is 28.7 Å². The third kappa shape index (κ3) is 2.33. The van der Waals surface area contributed by atoms with Gasteiger partial charge in [0.2, 0.25) is 0 Å². The molecule has 3 nitrogen and oxygen atoms in total. The Balaban J connectivity index is 1.75. The summed E-state index contributed by atoms with van der Waals surface area (Å²) in [5, 5.41) is 0. The molecule has 0 spiro atoms. The number of nitrogens with zero attached hydrogens (tertiary/aromatic N) is 3. The van der Waals surface area contributed by atoms with E-state index in [4.69, 9.17) is 0 Å². The van der Waals surface area contributed by atoms with Gasteiger partial charge >= 0.3 is 0 Å². The van der Waals surface area contributed by atoms with Crippen molar-refractivity contribution >= 4 is 5.82 Å². The highest BCUT2D eigenvalue weighted by Gasteiger charge is 2.22. The SMILES string of the molecule is Cc1cc(N2CCC(=C3CC3)CC2)nc(C)n1. The van der Waals surface area contributed by atoms with Gasteiger partial charge in [-0.25, -0.2) is 9.97 Å². The normalized spacial score (nSPS) is 19.8. The summed E-state index contributed by atoms with van der Waals surface area (Å²) in [5.41, 5.74) is 4.53. The fraction of sp³-hybridized carbons (Fsp3) is 0.571. The molecule has 0 unspecified atom stereocenters. The zero-order valence-corrected chi connectivity index (χ0v) is 10.7. The van der Waals surface area contributed by atoms with Gasteiger partial charge in [-0.05, 0) is 39.5 Å². The number of rotatable bonds is 1. The van der Waals surface area contributed by atoms with Crippen LogP contribution in [0.3, 0.4) is 0 Å². The zero-order valence-electron chi connectivity index (χ0n) is 10.7. The second-order valence-electron chi connectivity index (χ2n) is 5.11. The van der Waals surface area contributed by atoms with E-state index in [1.807, 2.05) is 13.8 Å². The molecule has 0 N–H and O–H groups in total. The van der Waals surface area contributed by atoms with Crippen LogP contribution >= 0.6 is 0 Å². The number of hydrogen-bond donors (Lipinski definition) is 0. The molecule has 1 saturated carbocycles. The van der Waals surface area contributed by atoms with Crippen LogP contribution in [0.15, 0.2) is 17.2 Å². The number of aromatic nitrogens is 2. The summed E-state index contributed by atoms with van der Waals surface area (Å²) >= 11 is 0. The molecular weight excluding hydrogens is 210 g/mol. The second kappa shape index (κ2) is 4.13. The Kier molecular flexibility index (Phi) is 2.61. The first-order valence-corrected chi connectivity index (χ1v) is 6.49. The summed E-state index contributed by atoms with van der Waals surface area (Å²) in [5.74, 6) is 1.99. The van der Waals surface area contributed by atoms with E-state index in [-0.39, 0.29) is 0 Å². The predicted octanol–water partition coefficient (Wildman–Crippen LogP) is 2.78. The third-order valence-electron chi connectivity index (χ3n) is 3.64. The maximum absolute atomic E-state index is 4.54. The summed E-state index contributed by atoms with van der Waals surface area (Å²) in [6.45, 7) is 6.25. The molecule has 0 atom stereocenters. The van der Waals surface area contributed by atoms with Crippen molar-refractivity contribution in [1.82, 2.24) is 9.97 Å². The van der Waals surface area contributed by atoms with Gasteiger partial charge in [-0.2, -0.15) is 0 Å². The monoisotopic (exact) mass is 229 g/mol. The first kappa shape index (κ1) is 10.8. The molecule has 90 valence electrons. The van der Waals surface area contributed by atoms with Crippen LogP contribution in [0.5, 0.6) is 0 Å². The van der Waals surface area contributed by atoms with Gasteiger partial charge in [0, 0.05) is 24.8 Å². The maximum atomic E-state index is 4.54. The second-order valence-corrected chi connectivity index (χ2v) is 5.11. The highest BCUT2D eigenvalue weighted by molar-refractivity contribution is 5.42. The molecule has 2 aliphatic rings. The van der Waals surface area contributed by atoms with Crippen LogP contribution in [-0.2, 0) is 0 Å². The Morgan fingerprint density at radius 3 is 2.18 bits per heavy atom. The first-order chi connectivity index (χ1) is 8.22. The van der Waals surface area contributed by atoms with Crippen LogP contribution in [0.1, 0.15) is 37.2 Å². The van der Waals surface area contributed by atoms with Crippen molar-refractivity contribution in [2.75, 3.05) is 18.0 Å². The highest BCUT2D eigenvalue weighted by atomic mass is 15.2. The fourth-order valence-electron chi connectivity index (χ4n) is 2.63. The molecule has 1 aliphatic carbocycles. The van der Waals surface area contributed by atoms with Gasteiger partial charge in [0.15, 0.2) is 0 Å². The van der Waals surface area contributed by atoms with E-state index < -0.39 is 0 Å². The predicted molar refractivity (Wildman–Crippen MR) is 69.2 cm³/mol. The van der Waals surface area contributed by atoms with Gasteiger partial charge in [-0.15, -0.1) is 0 Å². The summed E-state index contributed by atoms with van der Waals surface area (Å²) in [7, 11) is 0. The minimum atomic E-state index is 0.881. The first-order valence-electron chi connectivity index (χ1n) is 6.49. The van der Waals surface area contributed by atoms with Gasteiger partial charge in [0.1, 0.15) is 11.6 Å². The molecule has 0 aromatic carbocycles. The average Bonchev–Trinajstić information content (AvgIpc) is 3.12. The van der Waals surface area contributed by atoms with Gasteiger partial charge in [-0.3, -0.25) is 0 Å². The minimum absolute atomic E-state index is 0.881. The van der Waals surface area contributed by atoms with Crippen molar-refractivity contribution < 1.29 is 0 Å². The summed E-state index contributed by atoms with van der Waals surface area (Å²) in [6.07, 6.45) is 5.19. The van der Waals surface area contributed by atoms with Crippen LogP contribution < -0.4 is 4.90 Å². The lowest BCUT2D eigenvalue weighted by molar-refractivity contribution is 0.671. The molecule has 1 aromatic rings. The quantitative estimate of drug-likeness (QED) is 0.693. The molecular formula is C14H19N3. The van der Waals surface area contributed by atoms with Crippen LogP contribution in [-0.4, -0.2) is 23.1 Å². The Morgan fingerprint density at radius 2 is 1.59 bits per heavy atom. The van der Waals surface area contributed by atoms with E-state index in [0.29, 0.717) is 0 Å². The molecule has 2 heterocycles. The topological polar surface area (TPSA) is 29.0 Å². The lowest BCUT2D eigenvalue weighted by Crippen LogP contribution is -2.31. The number of anilines is 1. The van der Waals surface area contributed by atoms with Gasteiger partial charge < -0.3 is 4.90 Å². The molecule has 1 aromatic heterocycles. The minimum Gasteiger partial charge on any atom is -0.356 e. The van der Waals surface area contributed by atoms with E-state index in [1.54, 1.807) is 11.1 Å². The smallest absolute Gasteiger partial charge is 0.132 e.